The Morgan fingerprint density at radius 3 is 2.80 bits per heavy atom. The van der Waals surface area contributed by atoms with Crippen LogP contribution in [-0.4, -0.2) is 41.0 Å². The van der Waals surface area contributed by atoms with Gasteiger partial charge in [-0.2, -0.15) is 5.10 Å². The number of rotatable bonds is 5. The molecule has 20 heavy (non-hydrogen) atoms. The lowest BCUT2D eigenvalue weighted by molar-refractivity contribution is 0.180. The molecule has 114 valence electrons. The van der Waals surface area contributed by atoms with Crippen molar-refractivity contribution in [3.8, 4) is 0 Å². The van der Waals surface area contributed by atoms with E-state index in [1.165, 1.54) is 19.3 Å². The molecular formula is C13H24IN5O. The van der Waals surface area contributed by atoms with Crippen LogP contribution >= 0.6 is 24.0 Å². The molecule has 0 aromatic carbocycles. The Kier molecular flexibility index (Phi) is 7.28. The first kappa shape index (κ1) is 17.2. The summed E-state index contributed by atoms with van der Waals surface area (Å²) in [6.07, 6.45) is 6.88. The van der Waals surface area contributed by atoms with Crippen molar-refractivity contribution in [2.45, 2.75) is 25.4 Å². The lowest BCUT2D eigenvalue weighted by atomic mass is 9.85. The second kappa shape index (κ2) is 8.46. The summed E-state index contributed by atoms with van der Waals surface area (Å²) >= 11 is 0. The molecule has 1 fully saturated rings. The van der Waals surface area contributed by atoms with Gasteiger partial charge in [0, 0.05) is 38.9 Å². The maximum Gasteiger partial charge on any atom is 0.191 e. The summed E-state index contributed by atoms with van der Waals surface area (Å²) in [5, 5.41) is 20.5. The van der Waals surface area contributed by atoms with Gasteiger partial charge < -0.3 is 15.7 Å². The van der Waals surface area contributed by atoms with Crippen LogP contribution in [0.15, 0.2) is 17.4 Å². The van der Waals surface area contributed by atoms with Gasteiger partial charge in [-0.25, -0.2) is 0 Å². The molecule has 1 heterocycles. The Morgan fingerprint density at radius 2 is 2.30 bits per heavy atom. The molecule has 1 aromatic heterocycles. The van der Waals surface area contributed by atoms with Gasteiger partial charge in [0.2, 0.25) is 0 Å². The molecule has 3 N–H and O–H groups in total. The van der Waals surface area contributed by atoms with Crippen molar-refractivity contribution in [2.24, 2.45) is 18.0 Å². The van der Waals surface area contributed by atoms with Gasteiger partial charge >= 0.3 is 0 Å². The summed E-state index contributed by atoms with van der Waals surface area (Å²) in [6.45, 7) is 1.39. The molecular weight excluding hydrogens is 369 g/mol. The molecule has 1 unspecified atom stereocenters. The number of halogens is 1. The highest BCUT2D eigenvalue weighted by atomic mass is 127. The van der Waals surface area contributed by atoms with E-state index >= 15 is 0 Å². The maximum absolute atomic E-state index is 10.0. The van der Waals surface area contributed by atoms with Gasteiger partial charge in [0.25, 0.3) is 0 Å². The number of aryl methyl sites for hydroxylation is 1. The van der Waals surface area contributed by atoms with Crippen molar-refractivity contribution < 1.29 is 5.11 Å². The maximum atomic E-state index is 10.0. The first-order valence-corrected chi connectivity index (χ1v) is 6.80. The molecule has 0 radical (unpaired) electrons. The molecule has 1 saturated carbocycles. The second-order valence-electron chi connectivity index (χ2n) is 5.09. The highest BCUT2D eigenvalue weighted by Crippen LogP contribution is 2.25. The average Bonchev–Trinajstić information content (AvgIpc) is 2.77. The third-order valence-electron chi connectivity index (χ3n) is 3.58. The van der Waals surface area contributed by atoms with Gasteiger partial charge in [0.1, 0.15) is 0 Å². The van der Waals surface area contributed by atoms with Crippen LogP contribution in [0.4, 0.5) is 0 Å². The first-order chi connectivity index (χ1) is 9.19. The summed E-state index contributed by atoms with van der Waals surface area (Å²) in [5.41, 5.74) is 0.810. The Bertz CT molecular complexity index is 430. The number of aliphatic hydroxyl groups excluding tert-OH is 1. The third-order valence-corrected chi connectivity index (χ3v) is 3.58. The smallest absolute Gasteiger partial charge is 0.191 e. The molecule has 1 atom stereocenters. The van der Waals surface area contributed by atoms with E-state index in [2.05, 4.69) is 20.7 Å². The standard InChI is InChI=1S/C13H23N5O.HI/c1-14-13(15-6-10-4-3-5-10)16-8-12(19)11-7-17-18(2)9-11;/h7,9-10,12,19H,3-6,8H2,1-2H3,(H2,14,15,16);1H. The van der Waals surface area contributed by atoms with E-state index in [0.29, 0.717) is 6.54 Å². The fourth-order valence-electron chi connectivity index (χ4n) is 2.08. The normalized spacial score (nSPS) is 17.1. The predicted octanol–water partition coefficient (Wildman–Crippen LogP) is 1.04. The minimum Gasteiger partial charge on any atom is -0.386 e. The lowest BCUT2D eigenvalue weighted by Crippen LogP contribution is -2.42. The van der Waals surface area contributed by atoms with E-state index in [1.807, 2.05) is 13.2 Å². The number of nitrogens with zero attached hydrogens (tertiary/aromatic N) is 3. The van der Waals surface area contributed by atoms with Gasteiger partial charge in [-0.3, -0.25) is 9.67 Å². The zero-order valence-electron chi connectivity index (χ0n) is 12.0. The second-order valence-corrected chi connectivity index (χ2v) is 5.09. The summed E-state index contributed by atoms with van der Waals surface area (Å²) in [5.74, 6) is 1.52. The fraction of sp³-hybridized carbons (Fsp3) is 0.692. The van der Waals surface area contributed by atoms with Crippen molar-refractivity contribution in [3.05, 3.63) is 18.0 Å². The summed E-state index contributed by atoms with van der Waals surface area (Å²) in [7, 11) is 3.58. The Morgan fingerprint density at radius 1 is 1.55 bits per heavy atom. The Hall–Kier alpha value is -0.830. The monoisotopic (exact) mass is 393 g/mol. The summed E-state index contributed by atoms with van der Waals surface area (Å²) < 4.78 is 1.68. The van der Waals surface area contributed by atoms with Crippen molar-refractivity contribution >= 4 is 29.9 Å². The van der Waals surface area contributed by atoms with Crippen LogP contribution in [0.1, 0.15) is 30.9 Å². The van der Waals surface area contributed by atoms with Crippen molar-refractivity contribution in [3.63, 3.8) is 0 Å². The summed E-state index contributed by atoms with van der Waals surface area (Å²) in [6, 6.07) is 0. The number of hydrogen-bond donors (Lipinski definition) is 3. The van der Waals surface area contributed by atoms with Crippen LogP contribution in [0.25, 0.3) is 0 Å². The molecule has 0 amide bonds. The summed E-state index contributed by atoms with van der Waals surface area (Å²) in [4.78, 5) is 4.15. The first-order valence-electron chi connectivity index (χ1n) is 6.80. The van der Waals surface area contributed by atoms with Crippen molar-refractivity contribution in [2.75, 3.05) is 20.1 Å². The average molecular weight is 393 g/mol. The topological polar surface area (TPSA) is 74.5 Å². The number of aromatic nitrogens is 2. The molecule has 1 aromatic rings. The predicted molar refractivity (Wildman–Crippen MR) is 90.3 cm³/mol. The minimum absolute atomic E-state index is 0. The van der Waals surface area contributed by atoms with Gasteiger partial charge in [-0.05, 0) is 18.8 Å². The number of guanidine groups is 1. The molecule has 0 saturated heterocycles. The number of aliphatic imine (C=N–C) groups is 1. The molecule has 0 spiro atoms. The molecule has 1 aliphatic rings. The van der Waals surface area contributed by atoms with Gasteiger partial charge in [0.05, 0.1) is 12.3 Å². The van der Waals surface area contributed by atoms with Crippen LogP contribution in [0.3, 0.4) is 0 Å². The van der Waals surface area contributed by atoms with Crippen LogP contribution < -0.4 is 10.6 Å². The van der Waals surface area contributed by atoms with Gasteiger partial charge in [-0.15, -0.1) is 24.0 Å². The van der Waals surface area contributed by atoms with E-state index in [-0.39, 0.29) is 24.0 Å². The molecule has 2 rings (SSSR count). The van der Waals surface area contributed by atoms with E-state index in [1.54, 1.807) is 17.9 Å². The SMILES string of the molecule is CN=C(NCC1CCC1)NCC(O)c1cnn(C)c1.I. The molecule has 0 bridgehead atoms. The highest BCUT2D eigenvalue weighted by molar-refractivity contribution is 14.0. The Balaban J connectivity index is 0.00000200. The van der Waals surface area contributed by atoms with Crippen molar-refractivity contribution in [1.82, 2.24) is 20.4 Å². The lowest BCUT2D eigenvalue weighted by Gasteiger charge is -2.26. The van der Waals surface area contributed by atoms with Crippen molar-refractivity contribution in [1.29, 1.82) is 0 Å². The van der Waals surface area contributed by atoms with Crippen LogP contribution in [0.2, 0.25) is 0 Å². The van der Waals surface area contributed by atoms with Gasteiger partial charge in [0.15, 0.2) is 5.96 Å². The number of hydrogen-bond acceptors (Lipinski definition) is 3. The van der Waals surface area contributed by atoms with E-state index < -0.39 is 6.10 Å². The number of nitrogens with one attached hydrogen (secondary N) is 2. The Labute approximate surface area is 137 Å². The fourth-order valence-corrected chi connectivity index (χ4v) is 2.08. The molecule has 6 nitrogen and oxygen atoms in total. The van der Waals surface area contributed by atoms with Crippen LogP contribution in [0.5, 0.6) is 0 Å². The third kappa shape index (κ3) is 4.93. The minimum atomic E-state index is -0.573. The largest absolute Gasteiger partial charge is 0.386 e. The van der Waals surface area contributed by atoms with E-state index in [9.17, 15) is 5.11 Å². The zero-order valence-corrected chi connectivity index (χ0v) is 14.4. The van der Waals surface area contributed by atoms with Crippen LogP contribution in [0, 0.1) is 5.92 Å². The zero-order chi connectivity index (χ0) is 13.7. The molecule has 7 heteroatoms. The van der Waals surface area contributed by atoms with E-state index in [4.69, 9.17) is 0 Å². The van der Waals surface area contributed by atoms with Crippen LogP contribution in [-0.2, 0) is 7.05 Å². The highest BCUT2D eigenvalue weighted by Gasteiger charge is 2.17. The number of aliphatic hydroxyl groups is 1. The van der Waals surface area contributed by atoms with E-state index in [0.717, 1.165) is 24.0 Å². The molecule has 0 aliphatic heterocycles. The molecule has 1 aliphatic carbocycles. The quantitative estimate of drug-likeness (QED) is 0.397. The van der Waals surface area contributed by atoms with Gasteiger partial charge in [-0.1, -0.05) is 6.42 Å².